The van der Waals surface area contributed by atoms with Crippen molar-refractivity contribution in [1.29, 1.82) is 0 Å². The number of fused-ring (bicyclic) bond motifs is 4. The van der Waals surface area contributed by atoms with Crippen molar-refractivity contribution in [3.05, 3.63) is 35.9 Å². The molecular formula is C33H42O10. The van der Waals surface area contributed by atoms with Gasteiger partial charge in [0.1, 0.15) is 23.9 Å². The maximum absolute atomic E-state index is 14.2. The molecule has 1 aromatic rings. The molecule has 0 unspecified atom stereocenters. The Balaban J connectivity index is 1.73. The summed E-state index contributed by atoms with van der Waals surface area (Å²) >= 11 is 0. The summed E-state index contributed by atoms with van der Waals surface area (Å²) in [5, 5.41) is 12.8. The minimum atomic E-state index is -1.82. The Kier molecular flexibility index (Phi) is 7.16. The fourth-order valence-electron chi connectivity index (χ4n) is 9.60. The number of ketones is 1. The van der Waals surface area contributed by atoms with E-state index in [1.807, 2.05) is 20.8 Å². The maximum atomic E-state index is 14.2. The van der Waals surface area contributed by atoms with Crippen LogP contribution in [0.5, 0.6) is 0 Å². The third-order valence-corrected chi connectivity index (χ3v) is 11.1. The van der Waals surface area contributed by atoms with Gasteiger partial charge in [-0.1, -0.05) is 52.8 Å². The SMILES string of the molecule is CC(=O)O[C@@H]1[C@H]2[C@@H](OC(=O)c3ccccc3)[C@@H](C)C[C@]2(O)[C@H](OC(C)=O)[C@@]2(C)[C@@H]3CC(C)(C)C(=O)[C@]3(OC(C)=O)C[C@@]12C. The topological polar surface area (TPSA) is 142 Å². The standard InChI is InChI=1S/C33H42O10/c1-17-14-32(39)23(24(17)42-26(37)21-12-10-9-11-13-21)25(40-18(2)34)30(7)16-33(43-20(4)36)22(15-29(5,6)27(33)38)31(30,8)28(32)41-19(3)35/h9-13,17,22-25,28,39H,14-16H2,1-8H3/t17-,22-,23+,24-,25+,28+,30-,31+,32+,33-/m0/s1. The molecule has 234 valence electrons. The van der Waals surface area contributed by atoms with Crippen LogP contribution in [0.15, 0.2) is 30.3 Å². The van der Waals surface area contributed by atoms with Crippen LogP contribution >= 0.6 is 0 Å². The molecule has 1 aromatic carbocycles. The van der Waals surface area contributed by atoms with Crippen LogP contribution in [0.1, 0.15) is 85.0 Å². The minimum Gasteiger partial charge on any atom is -0.461 e. The van der Waals surface area contributed by atoms with Gasteiger partial charge in [0.15, 0.2) is 11.4 Å². The molecular weight excluding hydrogens is 556 g/mol. The van der Waals surface area contributed by atoms with Crippen molar-refractivity contribution in [2.45, 2.75) is 104 Å². The molecule has 0 bridgehead atoms. The molecule has 10 nitrogen and oxygen atoms in total. The van der Waals surface area contributed by atoms with Gasteiger partial charge in [-0.3, -0.25) is 19.2 Å². The molecule has 10 heteroatoms. The van der Waals surface area contributed by atoms with E-state index in [1.165, 1.54) is 20.8 Å². The first kappa shape index (κ1) is 31.2. The van der Waals surface area contributed by atoms with E-state index >= 15 is 0 Å². The highest BCUT2D eigenvalue weighted by molar-refractivity contribution is 5.97. The number of esters is 4. The predicted molar refractivity (Wildman–Crippen MR) is 151 cm³/mol. The molecule has 4 aliphatic rings. The number of aliphatic hydroxyl groups is 1. The molecule has 43 heavy (non-hydrogen) atoms. The van der Waals surface area contributed by atoms with E-state index in [0.717, 1.165) is 0 Å². The Labute approximate surface area is 251 Å². The van der Waals surface area contributed by atoms with Crippen molar-refractivity contribution in [2.24, 2.45) is 34.0 Å². The lowest BCUT2D eigenvalue weighted by molar-refractivity contribution is -0.284. The summed E-state index contributed by atoms with van der Waals surface area (Å²) in [6.45, 7) is 12.8. The smallest absolute Gasteiger partial charge is 0.338 e. The van der Waals surface area contributed by atoms with Gasteiger partial charge in [0.25, 0.3) is 0 Å². The number of Topliss-reactive ketones (excluding diaryl/α,β-unsaturated/α-hetero) is 1. The quantitative estimate of drug-likeness (QED) is 0.393. The number of carbonyl (C=O) groups is 5. The lowest BCUT2D eigenvalue weighted by Crippen LogP contribution is -2.72. The van der Waals surface area contributed by atoms with Crippen molar-refractivity contribution in [3.63, 3.8) is 0 Å². The Bertz CT molecular complexity index is 1370. The Morgan fingerprint density at radius 2 is 1.47 bits per heavy atom. The average molecular weight is 599 g/mol. The van der Waals surface area contributed by atoms with Crippen molar-refractivity contribution in [1.82, 2.24) is 0 Å². The number of ether oxygens (including phenoxy) is 4. The second kappa shape index (κ2) is 9.87. The third kappa shape index (κ3) is 4.26. The summed E-state index contributed by atoms with van der Waals surface area (Å²) in [4.78, 5) is 65.6. The summed E-state index contributed by atoms with van der Waals surface area (Å²) in [5.74, 6) is -4.89. The van der Waals surface area contributed by atoms with Gasteiger partial charge >= 0.3 is 23.9 Å². The van der Waals surface area contributed by atoms with E-state index in [4.69, 9.17) is 18.9 Å². The Morgan fingerprint density at radius 1 is 0.860 bits per heavy atom. The minimum absolute atomic E-state index is 0.0287. The first-order valence-electron chi connectivity index (χ1n) is 14.9. The first-order chi connectivity index (χ1) is 19.8. The number of benzene rings is 1. The van der Waals surface area contributed by atoms with E-state index in [2.05, 4.69) is 0 Å². The zero-order valence-corrected chi connectivity index (χ0v) is 26.1. The highest BCUT2D eigenvalue weighted by Gasteiger charge is 2.86. The zero-order chi connectivity index (χ0) is 31.9. The summed E-state index contributed by atoms with van der Waals surface area (Å²) in [6, 6.07) is 8.43. The second-order valence-corrected chi connectivity index (χ2v) is 14.3. The van der Waals surface area contributed by atoms with E-state index in [9.17, 15) is 29.1 Å². The largest absolute Gasteiger partial charge is 0.461 e. The van der Waals surface area contributed by atoms with Crippen LogP contribution in [0.25, 0.3) is 0 Å². The second-order valence-electron chi connectivity index (χ2n) is 14.3. The monoisotopic (exact) mass is 598 g/mol. The number of rotatable bonds is 5. The van der Waals surface area contributed by atoms with E-state index in [1.54, 1.807) is 44.2 Å². The highest BCUT2D eigenvalue weighted by atomic mass is 16.6. The molecule has 0 radical (unpaired) electrons. The van der Waals surface area contributed by atoms with Gasteiger partial charge in [-0.05, 0) is 30.9 Å². The normalized spacial score (nSPS) is 42.3. The fourth-order valence-corrected chi connectivity index (χ4v) is 9.60. The molecule has 4 saturated carbocycles. The van der Waals surface area contributed by atoms with Gasteiger partial charge in [0.2, 0.25) is 0 Å². The van der Waals surface area contributed by atoms with E-state index in [0.29, 0.717) is 12.0 Å². The molecule has 0 saturated heterocycles. The van der Waals surface area contributed by atoms with E-state index < -0.39 is 87.4 Å². The molecule has 5 rings (SSSR count). The number of carbonyl (C=O) groups excluding carboxylic acids is 5. The van der Waals surface area contributed by atoms with Crippen molar-refractivity contribution in [2.75, 3.05) is 0 Å². The van der Waals surface area contributed by atoms with Gasteiger partial charge in [0, 0.05) is 49.4 Å². The number of hydrogen-bond donors (Lipinski definition) is 1. The molecule has 4 fully saturated rings. The van der Waals surface area contributed by atoms with Crippen molar-refractivity contribution in [3.8, 4) is 0 Å². The summed E-state index contributed by atoms with van der Waals surface area (Å²) in [5.41, 5.74) is -6.35. The van der Waals surface area contributed by atoms with Crippen molar-refractivity contribution < 1.29 is 48.0 Å². The van der Waals surface area contributed by atoms with Gasteiger partial charge in [0.05, 0.1) is 11.5 Å². The molecule has 0 aromatic heterocycles. The molecule has 10 atom stereocenters. The first-order valence-corrected chi connectivity index (χ1v) is 14.9. The van der Waals surface area contributed by atoms with Crippen LogP contribution < -0.4 is 0 Å². The van der Waals surface area contributed by atoms with Gasteiger partial charge < -0.3 is 24.1 Å². The summed E-state index contributed by atoms with van der Waals surface area (Å²) in [7, 11) is 0. The van der Waals surface area contributed by atoms with Crippen LogP contribution in [0, 0.1) is 34.0 Å². The fraction of sp³-hybridized carbons (Fsp3) is 0.667. The molecule has 1 N–H and O–H groups in total. The van der Waals surface area contributed by atoms with Crippen LogP contribution in [0.4, 0.5) is 0 Å². The van der Waals surface area contributed by atoms with Crippen LogP contribution in [-0.2, 0) is 38.1 Å². The summed E-state index contributed by atoms with van der Waals surface area (Å²) < 4.78 is 24.2. The van der Waals surface area contributed by atoms with Crippen LogP contribution in [-0.4, -0.2) is 64.3 Å². The lowest BCUT2D eigenvalue weighted by atomic mass is 9.47. The lowest BCUT2D eigenvalue weighted by Gasteiger charge is -2.62. The van der Waals surface area contributed by atoms with Crippen LogP contribution in [0.3, 0.4) is 0 Å². The zero-order valence-electron chi connectivity index (χ0n) is 26.1. The predicted octanol–water partition coefficient (Wildman–Crippen LogP) is 3.81. The average Bonchev–Trinajstić information content (AvgIpc) is 3.34. The van der Waals surface area contributed by atoms with Crippen molar-refractivity contribution >= 4 is 29.7 Å². The van der Waals surface area contributed by atoms with Crippen LogP contribution in [0.2, 0.25) is 0 Å². The molecule has 0 heterocycles. The summed E-state index contributed by atoms with van der Waals surface area (Å²) in [6.07, 6.45) is -2.89. The highest BCUT2D eigenvalue weighted by Crippen LogP contribution is 2.77. The Hall–Kier alpha value is -3.27. The Morgan fingerprint density at radius 3 is 2.02 bits per heavy atom. The van der Waals surface area contributed by atoms with E-state index in [-0.39, 0.29) is 18.6 Å². The maximum Gasteiger partial charge on any atom is 0.338 e. The van der Waals surface area contributed by atoms with Gasteiger partial charge in [-0.2, -0.15) is 0 Å². The van der Waals surface area contributed by atoms with Gasteiger partial charge in [-0.25, -0.2) is 4.79 Å². The number of hydrogen-bond acceptors (Lipinski definition) is 10. The third-order valence-electron chi connectivity index (χ3n) is 11.1. The molecule has 0 spiro atoms. The molecule has 0 amide bonds. The molecule has 4 aliphatic carbocycles. The van der Waals surface area contributed by atoms with Gasteiger partial charge in [-0.15, -0.1) is 0 Å². The molecule has 0 aliphatic heterocycles.